The fourth-order valence-electron chi connectivity index (χ4n) is 0.686. The molecule has 0 amide bonds. The van der Waals surface area contributed by atoms with Crippen LogP contribution < -0.4 is 0 Å². The van der Waals surface area contributed by atoms with Crippen molar-refractivity contribution >= 4 is 35.0 Å². The van der Waals surface area contributed by atoms with E-state index in [2.05, 4.69) is 0 Å². The van der Waals surface area contributed by atoms with E-state index in [-0.39, 0.29) is 0 Å². The summed E-state index contributed by atoms with van der Waals surface area (Å²) in [5.41, 5.74) is 0. The van der Waals surface area contributed by atoms with Crippen LogP contribution in [-0.2, 0) is 0 Å². The van der Waals surface area contributed by atoms with Gasteiger partial charge in [0.1, 0.15) is 0 Å². The molecule has 1 unspecified atom stereocenters. The Labute approximate surface area is 85.3 Å². The number of halogens is 2. The molecule has 0 N–H and O–H groups in total. The highest BCUT2D eigenvalue weighted by atomic mass is 35.5. The van der Waals surface area contributed by atoms with Gasteiger partial charge in [-0.2, -0.15) is 5.26 Å². The standard InChI is InChI=1S/C8H5Cl2NS/c9-6-2-1-3-7(4-6)12-8(10)5-11/h1-4,8H. The molecule has 1 aromatic rings. The number of nitrogens with zero attached hydrogens (tertiary/aromatic N) is 1. The molecule has 0 fully saturated rings. The Hall–Kier alpha value is -0.360. The van der Waals surface area contributed by atoms with Gasteiger partial charge in [-0.25, -0.2) is 0 Å². The average molecular weight is 218 g/mol. The van der Waals surface area contributed by atoms with E-state index in [1.807, 2.05) is 18.2 Å². The smallest absolute Gasteiger partial charge is 0.170 e. The van der Waals surface area contributed by atoms with E-state index in [0.29, 0.717) is 5.02 Å². The molecule has 0 spiro atoms. The maximum Gasteiger partial charge on any atom is 0.170 e. The van der Waals surface area contributed by atoms with E-state index in [0.717, 1.165) is 4.90 Å². The highest BCUT2D eigenvalue weighted by molar-refractivity contribution is 8.01. The summed E-state index contributed by atoms with van der Waals surface area (Å²) in [7, 11) is 0. The molecule has 0 aliphatic rings. The SMILES string of the molecule is N#CC(Cl)Sc1cccc(Cl)c1. The topological polar surface area (TPSA) is 23.8 Å². The van der Waals surface area contributed by atoms with Crippen molar-refractivity contribution in [3.8, 4) is 6.07 Å². The van der Waals surface area contributed by atoms with Gasteiger partial charge in [0.25, 0.3) is 0 Å². The quantitative estimate of drug-likeness (QED) is 0.560. The van der Waals surface area contributed by atoms with Gasteiger partial charge in [0.05, 0.1) is 6.07 Å². The zero-order valence-corrected chi connectivity index (χ0v) is 8.33. The second-order valence-corrected chi connectivity index (χ2v) is 4.33. The number of thioether (sulfide) groups is 1. The van der Waals surface area contributed by atoms with Crippen LogP contribution in [0.4, 0.5) is 0 Å². The summed E-state index contributed by atoms with van der Waals surface area (Å²) in [6.45, 7) is 0. The zero-order valence-electron chi connectivity index (χ0n) is 6.00. The number of hydrogen-bond acceptors (Lipinski definition) is 2. The highest BCUT2D eigenvalue weighted by Gasteiger charge is 2.03. The van der Waals surface area contributed by atoms with Gasteiger partial charge in [-0.1, -0.05) is 41.0 Å². The third-order valence-electron chi connectivity index (χ3n) is 1.14. The van der Waals surface area contributed by atoms with Crippen molar-refractivity contribution in [3.05, 3.63) is 29.3 Å². The molecule has 0 aliphatic heterocycles. The van der Waals surface area contributed by atoms with Gasteiger partial charge in [-0.05, 0) is 18.2 Å². The van der Waals surface area contributed by atoms with E-state index in [9.17, 15) is 0 Å². The van der Waals surface area contributed by atoms with Crippen LogP contribution in [0.2, 0.25) is 5.02 Å². The Kier molecular flexibility index (Phi) is 3.74. The van der Waals surface area contributed by atoms with Gasteiger partial charge in [-0.3, -0.25) is 0 Å². The zero-order chi connectivity index (χ0) is 8.97. The van der Waals surface area contributed by atoms with Crippen molar-refractivity contribution in [1.29, 1.82) is 5.26 Å². The molecule has 0 saturated carbocycles. The normalized spacial score (nSPS) is 12.1. The molecule has 4 heteroatoms. The minimum absolute atomic E-state index is 0.552. The molecule has 1 rings (SSSR count). The van der Waals surface area contributed by atoms with Crippen LogP contribution in [0.5, 0.6) is 0 Å². The van der Waals surface area contributed by atoms with Crippen LogP contribution in [0.3, 0.4) is 0 Å². The number of alkyl halides is 1. The third-order valence-corrected chi connectivity index (χ3v) is 2.58. The molecule has 1 atom stereocenters. The van der Waals surface area contributed by atoms with Crippen LogP contribution in [0, 0.1) is 11.3 Å². The molecular formula is C8H5Cl2NS. The average Bonchev–Trinajstić information content (AvgIpc) is 2.04. The first kappa shape index (κ1) is 9.73. The van der Waals surface area contributed by atoms with Crippen molar-refractivity contribution in [2.75, 3.05) is 0 Å². The van der Waals surface area contributed by atoms with Crippen molar-refractivity contribution in [3.63, 3.8) is 0 Å². The van der Waals surface area contributed by atoms with Gasteiger partial charge in [-0.15, -0.1) is 0 Å². The Morgan fingerprint density at radius 2 is 2.25 bits per heavy atom. The summed E-state index contributed by atoms with van der Waals surface area (Å²) in [5, 5.41) is 9.08. The molecule has 0 aliphatic carbocycles. The molecule has 0 saturated heterocycles. The van der Waals surface area contributed by atoms with Crippen molar-refractivity contribution in [2.45, 2.75) is 9.60 Å². The van der Waals surface area contributed by atoms with Gasteiger partial charge in [0.2, 0.25) is 0 Å². The molecule has 12 heavy (non-hydrogen) atoms. The van der Waals surface area contributed by atoms with Crippen molar-refractivity contribution < 1.29 is 0 Å². The molecule has 1 nitrogen and oxygen atoms in total. The summed E-state index contributed by atoms with van der Waals surface area (Å²) < 4.78 is -0.552. The summed E-state index contributed by atoms with van der Waals surface area (Å²) in [4.78, 5) is 0.907. The molecule has 0 aromatic heterocycles. The van der Waals surface area contributed by atoms with Crippen molar-refractivity contribution in [2.24, 2.45) is 0 Å². The van der Waals surface area contributed by atoms with E-state index >= 15 is 0 Å². The lowest BCUT2D eigenvalue weighted by atomic mass is 10.4. The summed E-state index contributed by atoms with van der Waals surface area (Å²) in [6.07, 6.45) is 0. The van der Waals surface area contributed by atoms with Crippen LogP contribution in [-0.4, -0.2) is 4.71 Å². The van der Waals surface area contributed by atoms with E-state index in [1.54, 1.807) is 12.1 Å². The largest absolute Gasteiger partial charge is 0.196 e. The third kappa shape index (κ3) is 2.94. The first-order valence-electron chi connectivity index (χ1n) is 3.18. The number of rotatable bonds is 2. The number of hydrogen-bond donors (Lipinski definition) is 0. The number of nitriles is 1. The predicted octanol–water partition coefficient (Wildman–Crippen LogP) is 3.52. The Morgan fingerprint density at radius 3 is 2.83 bits per heavy atom. The molecule has 1 aromatic carbocycles. The molecule has 0 bridgehead atoms. The Bertz CT molecular complexity index is 308. The molecule has 0 radical (unpaired) electrons. The van der Waals surface area contributed by atoms with Gasteiger partial charge in [0.15, 0.2) is 4.71 Å². The van der Waals surface area contributed by atoms with Crippen molar-refractivity contribution in [1.82, 2.24) is 0 Å². The van der Waals surface area contributed by atoms with E-state index in [1.165, 1.54) is 11.8 Å². The fourth-order valence-corrected chi connectivity index (χ4v) is 1.89. The lowest BCUT2D eigenvalue weighted by molar-refractivity contribution is 1.42. The Balaban J connectivity index is 2.71. The van der Waals surface area contributed by atoms with Crippen LogP contribution in [0.1, 0.15) is 0 Å². The van der Waals surface area contributed by atoms with Crippen LogP contribution in [0.15, 0.2) is 29.2 Å². The second kappa shape index (κ2) is 4.61. The molecule has 62 valence electrons. The molecular weight excluding hydrogens is 213 g/mol. The maximum atomic E-state index is 8.43. The minimum Gasteiger partial charge on any atom is -0.196 e. The van der Waals surface area contributed by atoms with Gasteiger partial charge in [0, 0.05) is 9.92 Å². The lowest BCUT2D eigenvalue weighted by Crippen LogP contribution is -1.84. The van der Waals surface area contributed by atoms with Crippen LogP contribution >= 0.6 is 35.0 Å². The monoisotopic (exact) mass is 217 g/mol. The summed E-state index contributed by atoms with van der Waals surface area (Å²) in [6, 6.07) is 9.16. The lowest BCUT2D eigenvalue weighted by Gasteiger charge is -2.00. The van der Waals surface area contributed by atoms with Gasteiger partial charge < -0.3 is 0 Å². The molecule has 0 heterocycles. The van der Waals surface area contributed by atoms with E-state index in [4.69, 9.17) is 28.5 Å². The highest BCUT2D eigenvalue weighted by Crippen LogP contribution is 2.27. The Morgan fingerprint density at radius 1 is 1.50 bits per heavy atom. The predicted molar refractivity (Wildman–Crippen MR) is 52.6 cm³/mol. The second-order valence-electron chi connectivity index (χ2n) is 2.02. The van der Waals surface area contributed by atoms with Crippen LogP contribution in [0.25, 0.3) is 0 Å². The van der Waals surface area contributed by atoms with Gasteiger partial charge >= 0.3 is 0 Å². The summed E-state index contributed by atoms with van der Waals surface area (Å²) in [5.74, 6) is 0. The summed E-state index contributed by atoms with van der Waals surface area (Å²) >= 11 is 12.6. The first-order valence-corrected chi connectivity index (χ1v) is 4.87. The first-order chi connectivity index (χ1) is 5.72. The minimum atomic E-state index is -0.552. The number of benzene rings is 1. The fraction of sp³-hybridized carbons (Fsp3) is 0.125. The van der Waals surface area contributed by atoms with E-state index < -0.39 is 4.71 Å². The maximum absolute atomic E-state index is 8.43.